The number of aromatic nitrogens is 4. The number of hydrogen-bond donors (Lipinski definition) is 2. The molecule has 1 aromatic carbocycles. The topological polar surface area (TPSA) is 130 Å². The van der Waals surface area contributed by atoms with Crippen molar-refractivity contribution < 1.29 is 14.6 Å². The highest BCUT2D eigenvalue weighted by Gasteiger charge is 2.27. The molecule has 4 rings (SSSR count). The Morgan fingerprint density at radius 3 is 2.58 bits per heavy atom. The van der Waals surface area contributed by atoms with Gasteiger partial charge in [-0.25, -0.2) is 14.6 Å². The molecule has 0 spiro atoms. The second-order valence-corrected chi connectivity index (χ2v) is 9.54. The smallest absolute Gasteiger partial charge is 0.407 e. The van der Waals surface area contributed by atoms with E-state index < -0.39 is 22.9 Å². The number of aryl methyl sites for hydroxylation is 1. The average molecular weight is 456 g/mol. The highest BCUT2D eigenvalue weighted by molar-refractivity contribution is 5.82. The second-order valence-electron chi connectivity index (χ2n) is 9.54. The lowest BCUT2D eigenvalue weighted by Crippen LogP contribution is -2.46. The zero-order valence-corrected chi connectivity index (χ0v) is 19.3. The number of H-pyrrole nitrogens is 1. The summed E-state index contributed by atoms with van der Waals surface area (Å²) in [5, 5.41) is 9.71. The average Bonchev–Trinajstić information content (AvgIpc) is 3.21. The summed E-state index contributed by atoms with van der Waals surface area (Å²) < 4.78 is 7.94. The third-order valence-electron chi connectivity index (χ3n) is 6.09. The molecule has 1 saturated carbocycles. The lowest BCUT2D eigenvalue weighted by molar-refractivity contribution is 0.0980. The number of aromatic amines is 1. The number of nitrogens with one attached hydrogen (secondary N) is 1. The fourth-order valence-corrected chi connectivity index (χ4v) is 4.38. The van der Waals surface area contributed by atoms with E-state index in [1.807, 2.05) is 39.8 Å². The molecule has 2 heterocycles. The predicted octanol–water partition coefficient (Wildman–Crippen LogP) is 2.99. The molecule has 1 aliphatic carbocycles. The second kappa shape index (κ2) is 8.49. The fourth-order valence-electron chi connectivity index (χ4n) is 4.38. The summed E-state index contributed by atoms with van der Waals surface area (Å²) >= 11 is 0. The van der Waals surface area contributed by atoms with E-state index in [0.717, 1.165) is 31.2 Å². The maximum atomic E-state index is 12.5. The maximum absolute atomic E-state index is 12.5. The maximum Gasteiger partial charge on any atom is 0.407 e. The molecular formula is C23H29N5O5. The van der Waals surface area contributed by atoms with Crippen LogP contribution in [0.1, 0.15) is 52.0 Å². The number of amides is 1. The van der Waals surface area contributed by atoms with E-state index in [0.29, 0.717) is 16.8 Å². The molecule has 33 heavy (non-hydrogen) atoms. The minimum absolute atomic E-state index is 0.0311. The Hall–Kier alpha value is -3.43. The Morgan fingerprint density at radius 2 is 1.94 bits per heavy atom. The minimum atomic E-state index is -1.05. The van der Waals surface area contributed by atoms with Crippen LogP contribution in [0.4, 0.5) is 4.79 Å². The van der Waals surface area contributed by atoms with E-state index in [9.17, 15) is 19.5 Å². The van der Waals surface area contributed by atoms with Crippen molar-refractivity contribution >= 4 is 17.1 Å². The Kier molecular flexibility index (Phi) is 5.85. The number of benzene rings is 1. The van der Waals surface area contributed by atoms with E-state index in [2.05, 4.69) is 15.0 Å². The van der Waals surface area contributed by atoms with Crippen LogP contribution in [0.3, 0.4) is 0 Å². The number of fused-ring (bicyclic) bond motifs is 2. The van der Waals surface area contributed by atoms with Gasteiger partial charge in [-0.2, -0.15) is 4.98 Å². The molecule has 3 aliphatic rings. The van der Waals surface area contributed by atoms with Crippen LogP contribution >= 0.6 is 0 Å². The van der Waals surface area contributed by atoms with Gasteiger partial charge in [-0.15, -0.1) is 0 Å². The van der Waals surface area contributed by atoms with Crippen LogP contribution in [0.15, 0.2) is 21.7 Å². The summed E-state index contributed by atoms with van der Waals surface area (Å²) in [5.74, 6) is 0.827. The molecule has 0 saturated heterocycles. The number of hydrogen-bond acceptors (Lipinski definition) is 6. The lowest BCUT2D eigenvalue weighted by Gasteiger charge is -2.33. The van der Waals surface area contributed by atoms with Gasteiger partial charge in [-0.05, 0) is 65.0 Å². The molecular weight excluding hydrogens is 426 g/mol. The van der Waals surface area contributed by atoms with E-state index in [1.54, 1.807) is 4.57 Å². The van der Waals surface area contributed by atoms with Gasteiger partial charge in [0.1, 0.15) is 5.75 Å². The van der Waals surface area contributed by atoms with E-state index >= 15 is 0 Å². The number of rotatable bonds is 5. The third kappa shape index (κ3) is 4.55. The Morgan fingerprint density at radius 1 is 1.24 bits per heavy atom. The van der Waals surface area contributed by atoms with Gasteiger partial charge in [-0.3, -0.25) is 9.78 Å². The molecule has 0 aromatic heterocycles. The van der Waals surface area contributed by atoms with E-state index in [1.165, 1.54) is 4.90 Å². The van der Waals surface area contributed by atoms with Crippen molar-refractivity contribution in [2.24, 2.45) is 0 Å². The van der Waals surface area contributed by atoms with Crippen molar-refractivity contribution in [1.29, 1.82) is 0 Å². The first kappa shape index (κ1) is 22.8. The van der Waals surface area contributed by atoms with Crippen molar-refractivity contribution in [1.82, 2.24) is 24.4 Å². The molecule has 10 heteroatoms. The Labute approximate surface area is 190 Å². The summed E-state index contributed by atoms with van der Waals surface area (Å²) in [7, 11) is 0. The van der Waals surface area contributed by atoms with Crippen LogP contribution in [-0.4, -0.2) is 53.8 Å². The van der Waals surface area contributed by atoms with Crippen molar-refractivity contribution in [3.63, 3.8) is 0 Å². The summed E-state index contributed by atoms with van der Waals surface area (Å²) in [6, 6.07) is 3.70. The summed E-state index contributed by atoms with van der Waals surface area (Å²) in [5.41, 5.74) is 0.0501. The molecule has 1 fully saturated rings. The molecule has 176 valence electrons. The van der Waals surface area contributed by atoms with E-state index in [-0.39, 0.29) is 30.7 Å². The normalized spacial score (nSPS) is 14.8. The quantitative estimate of drug-likeness (QED) is 0.566. The summed E-state index contributed by atoms with van der Waals surface area (Å²) in [6.45, 7) is 7.67. The van der Waals surface area contributed by atoms with Crippen molar-refractivity contribution in [3.8, 4) is 17.3 Å². The predicted molar refractivity (Wildman–Crippen MR) is 123 cm³/mol. The zero-order valence-electron chi connectivity index (χ0n) is 19.3. The van der Waals surface area contributed by atoms with Gasteiger partial charge >= 0.3 is 11.8 Å². The zero-order chi connectivity index (χ0) is 23.9. The summed E-state index contributed by atoms with van der Waals surface area (Å²) in [6.07, 6.45) is 3.38. The van der Waals surface area contributed by atoms with Crippen molar-refractivity contribution in [3.05, 3.63) is 38.5 Å². The van der Waals surface area contributed by atoms with Crippen LogP contribution in [0.5, 0.6) is 5.75 Å². The van der Waals surface area contributed by atoms with Crippen LogP contribution in [0.25, 0.3) is 22.6 Å². The SMILES string of the molecule is Cc1cc2nc3c(=O)[nH]c(=O)nc-3n(CCN(C(=O)O)C(C)(C)C)c2cc1OC1CCCC1. The molecule has 2 N–H and O–H groups in total. The van der Waals surface area contributed by atoms with Crippen molar-refractivity contribution in [2.75, 3.05) is 6.54 Å². The van der Waals surface area contributed by atoms with Gasteiger partial charge in [0.2, 0.25) is 0 Å². The van der Waals surface area contributed by atoms with Crippen LogP contribution in [-0.2, 0) is 6.54 Å². The molecule has 1 amide bonds. The highest BCUT2D eigenvalue weighted by atomic mass is 16.5. The van der Waals surface area contributed by atoms with Gasteiger partial charge < -0.3 is 19.3 Å². The molecule has 10 nitrogen and oxygen atoms in total. The summed E-state index contributed by atoms with van der Waals surface area (Å²) in [4.78, 5) is 48.3. The van der Waals surface area contributed by atoms with Crippen LogP contribution in [0, 0.1) is 6.92 Å². The monoisotopic (exact) mass is 455 g/mol. The van der Waals surface area contributed by atoms with Gasteiger partial charge in [-0.1, -0.05) is 0 Å². The number of carboxylic acid groups (broad SMARTS) is 1. The standard InChI is InChI=1S/C23H29N5O5/c1-13-11-15-16(12-17(13)33-14-7-5-6-8-14)27(9-10-28(22(31)32)23(2,3)4)19-18(24-15)20(29)26-21(30)25-19/h11-12,14H,5-10H2,1-4H3,(H,31,32)(H,26,29,30). The molecule has 1 aromatic rings. The largest absolute Gasteiger partial charge is 0.490 e. The third-order valence-corrected chi connectivity index (χ3v) is 6.09. The molecule has 0 radical (unpaired) electrons. The molecule has 0 unspecified atom stereocenters. The highest BCUT2D eigenvalue weighted by Crippen LogP contribution is 2.31. The molecule has 2 aliphatic heterocycles. The number of nitrogens with zero attached hydrogens (tertiary/aromatic N) is 4. The first-order valence-electron chi connectivity index (χ1n) is 11.2. The number of ether oxygens (including phenoxy) is 1. The molecule has 0 bridgehead atoms. The van der Waals surface area contributed by atoms with Gasteiger partial charge in [0.25, 0.3) is 5.56 Å². The minimum Gasteiger partial charge on any atom is -0.490 e. The first-order valence-corrected chi connectivity index (χ1v) is 11.2. The van der Waals surface area contributed by atoms with Gasteiger partial charge in [0.05, 0.1) is 17.1 Å². The van der Waals surface area contributed by atoms with Gasteiger partial charge in [0.15, 0.2) is 11.5 Å². The van der Waals surface area contributed by atoms with E-state index in [4.69, 9.17) is 4.74 Å². The van der Waals surface area contributed by atoms with Crippen LogP contribution in [0.2, 0.25) is 0 Å². The first-order chi connectivity index (χ1) is 15.5. The lowest BCUT2D eigenvalue weighted by atomic mass is 10.1. The van der Waals surface area contributed by atoms with Crippen LogP contribution < -0.4 is 16.0 Å². The Bertz CT molecular complexity index is 1280. The Balaban J connectivity index is 1.88. The van der Waals surface area contributed by atoms with Gasteiger partial charge in [0, 0.05) is 24.7 Å². The fraction of sp³-hybridized carbons (Fsp3) is 0.522. The van der Waals surface area contributed by atoms with Crippen molar-refractivity contribution in [2.45, 2.75) is 71.6 Å². The molecule has 0 atom stereocenters. The number of carbonyl (C=O) groups is 1.